The van der Waals surface area contributed by atoms with Crippen molar-refractivity contribution in [2.75, 3.05) is 31.0 Å². The van der Waals surface area contributed by atoms with Crippen LogP contribution in [0.1, 0.15) is 12.0 Å². The van der Waals surface area contributed by atoms with E-state index in [0.29, 0.717) is 29.5 Å². The number of ether oxygens (including phenoxy) is 2. The van der Waals surface area contributed by atoms with Gasteiger partial charge in [-0.05, 0) is 72.7 Å². The third-order valence-corrected chi connectivity index (χ3v) is 6.25. The number of carbonyl (C=O) groups is 2. The molecule has 8 heteroatoms. The van der Waals surface area contributed by atoms with E-state index in [9.17, 15) is 9.59 Å². The Balaban J connectivity index is 1.56. The molecular weight excluding hydrogens is 462 g/mol. The van der Waals surface area contributed by atoms with Crippen molar-refractivity contribution in [2.45, 2.75) is 18.9 Å². The molecule has 180 valence electrons. The number of anilines is 2. The van der Waals surface area contributed by atoms with Gasteiger partial charge >= 0.3 is 0 Å². The summed E-state index contributed by atoms with van der Waals surface area (Å²) < 4.78 is 10.4. The third-order valence-electron chi connectivity index (χ3n) is 5.92. The van der Waals surface area contributed by atoms with Gasteiger partial charge in [-0.2, -0.15) is 0 Å². The van der Waals surface area contributed by atoms with Crippen molar-refractivity contribution in [1.29, 1.82) is 0 Å². The molecule has 1 unspecified atom stereocenters. The molecule has 1 atom stereocenters. The van der Waals surface area contributed by atoms with Gasteiger partial charge in [-0.3, -0.25) is 9.59 Å². The number of hydrogen-bond donors (Lipinski definition) is 1. The lowest BCUT2D eigenvalue weighted by molar-refractivity contribution is -0.122. The van der Waals surface area contributed by atoms with Gasteiger partial charge in [0.2, 0.25) is 5.91 Å². The zero-order valence-corrected chi connectivity index (χ0v) is 20.5. The summed E-state index contributed by atoms with van der Waals surface area (Å²) in [5.74, 6) is 0.867. The Kier molecular flexibility index (Phi) is 7.62. The molecular formula is C27H27N3O4S. The van der Waals surface area contributed by atoms with E-state index in [1.54, 1.807) is 38.5 Å². The maximum Gasteiger partial charge on any atom is 0.257 e. The molecule has 1 aliphatic rings. The van der Waals surface area contributed by atoms with Crippen molar-refractivity contribution in [3.8, 4) is 11.5 Å². The zero-order valence-electron chi connectivity index (χ0n) is 19.6. The average Bonchev–Trinajstić information content (AvgIpc) is 3.18. The lowest BCUT2D eigenvalue weighted by Gasteiger charge is -2.30. The average molecular weight is 490 g/mol. The highest BCUT2D eigenvalue weighted by molar-refractivity contribution is 7.80. The van der Waals surface area contributed by atoms with Gasteiger partial charge in [0.15, 0.2) is 5.11 Å². The van der Waals surface area contributed by atoms with Crippen LogP contribution in [-0.2, 0) is 16.0 Å². The van der Waals surface area contributed by atoms with Gasteiger partial charge < -0.3 is 19.7 Å². The van der Waals surface area contributed by atoms with Crippen LogP contribution in [0.2, 0.25) is 0 Å². The monoisotopic (exact) mass is 489 g/mol. The summed E-state index contributed by atoms with van der Waals surface area (Å²) in [6.45, 7) is 0.463. The molecule has 3 aromatic rings. The van der Waals surface area contributed by atoms with Crippen LogP contribution >= 0.6 is 12.2 Å². The predicted molar refractivity (Wildman–Crippen MR) is 140 cm³/mol. The Labute approximate surface area is 210 Å². The first-order valence-electron chi connectivity index (χ1n) is 11.3. The first kappa shape index (κ1) is 24.2. The van der Waals surface area contributed by atoms with E-state index in [1.807, 2.05) is 59.5 Å². The van der Waals surface area contributed by atoms with Gasteiger partial charge in [-0.25, -0.2) is 4.90 Å². The van der Waals surface area contributed by atoms with Crippen molar-refractivity contribution in [3.63, 3.8) is 0 Å². The topological polar surface area (TPSA) is 71.1 Å². The molecule has 1 saturated heterocycles. The number of amides is 2. The third kappa shape index (κ3) is 5.60. The van der Waals surface area contributed by atoms with E-state index >= 15 is 0 Å². The summed E-state index contributed by atoms with van der Waals surface area (Å²) in [6, 6.07) is 23.5. The minimum Gasteiger partial charge on any atom is -0.497 e. The molecule has 2 amide bonds. The van der Waals surface area contributed by atoms with Gasteiger partial charge in [-0.15, -0.1) is 0 Å². The smallest absolute Gasteiger partial charge is 0.257 e. The first-order chi connectivity index (χ1) is 17.0. The quantitative estimate of drug-likeness (QED) is 0.374. The van der Waals surface area contributed by atoms with Crippen LogP contribution in [0.25, 0.3) is 0 Å². The fraction of sp³-hybridized carbons (Fsp3) is 0.222. The minimum atomic E-state index is -0.702. The van der Waals surface area contributed by atoms with Crippen LogP contribution in [0.5, 0.6) is 11.5 Å². The highest BCUT2D eigenvalue weighted by atomic mass is 32.1. The summed E-state index contributed by atoms with van der Waals surface area (Å²) in [5, 5.41) is 3.61. The lowest BCUT2D eigenvalue weighted by Crippen LogP contribution is -2.48. The van der Waals surface area contributed by atoms with E-state index < -0.39 is 6.04 Å². The molecule has 0 spiro atoms. The van der Waals surface area contributed by atoms with Crippen molar-refractivity contribution in [3.05, 3.63) is 84.4 Å². The number of nitrogens with zero attached hydrogens (tertiary/aromatic N) is 2. The Bertz CT molecular complexity index is 1180. The number of methoxy groups -OCH3 is 2. The number of hydrogen-bond acceptors (Lipinski definition) is 5. The fourth-order valence-electron chi connectivity index (χ4n) is 4.02. The van der Waals surface area contributed by atoms with Crippen LogP contribution in [0.3, 0.4) is 0 Å². The summed E-state index contributed by atoms with van der Waals surface area (Å²) >= 11 is 5.73. The van der Waals surface area contributed by atoms with E-state index in [4.69, 9.17) is 21.7 Å². The molecule has 3 aromatic carbocycles. The van der Waals surface area contributed by atoms with Crippen LogP contribution < -0.4 is 19.7 Å². The summed E-state index contributed by atoms with van der Waals surface area (Å²) in [7, 11) is 3.19. The zero-order chi connectivity index (χ0) is 24.8. The summed E-state index contributed by atoms with van der Waals surface area (Å²) in [4.78, 5) is 29.5. The fourth-order valence-corrected chi connectivity index (χ4v) is 4.36. The second kappa shape index (κ2) is 11.0. The number of thiocarbonyl (C=S) groups is 1. The second-order valence-corrected chi connectivity index (χ2v) is 8.46. The Morgan fingerprint density at radius 2 is 1.54 bits per heavy atom. The van der Waals surface area contributed by atoms with Crippen LogP contribution in [0, 0.1) is 0 Å². The first-order valence-corrected chi connectivity index (χ1v) is 11.7. The number of para-hydroxylation sites is 1. The number of carbonyl (C=O) groups excluding carboxylic acids is 2. The van der Waals surface area contributed by atoms with Gasteiger partial charge in [-0.1, -0.05) is 30.3 Å². The van der Waals surface area contributed by atoms with Gasteiger partial charge in [0.05, 0.1) is 26.3 Å². The number of benzene rings is 3. The van der Waals surface area contributed by atoms with E-state index in [2.05, 4.69) is 5.32 Å². The highest BCUT2D eigenvalue weighted by Crippen LogP contribution is 2.28. The molecule has 4 rings (SSSR count). The predicted octanol–water partition coefficient (Wildman–Crippen LogP) is 4.28. The van der Waals surface area contributed by atoms with E-state index in [0.717, 1.165) is 17.0 Å². The lowest BCUT2D eigenvalue weighted by atomic mass is 10.1. The van der Waals surface area contributed by atoms with Crippen molar-refractivity contribution in [2.24, 2.45) is 0 Å². The number of nitrogens with one attached hydrogen (secondary N) is 1. The summed E-state index contributed by atoms with van der Waals surface area (Å²) in [6.07, 6.45) is 0.686. The molecule has 1 heterocycles. The molecule has 0 radical (unpaired) electrons. The second-order valence-electron chi connectivity index (χ2n) is 8.07. The van der Waals surface area contributed by atoms with Crippen molar-refractivity contribution < 1.29 is 19.1 Å². The van der Waals surface area contributed by atoms with Gasteiger partial charge in [0.25, 0.3) is 5.91 Å². The molecule has 1 N–H and O–H groups in total. The molecule has 0 bridgehead atoms. The molecule has 0 aromatic heterocycles. The molecule has 1 aliphatic heterocycles. The maximum atomic E-state index is 13.5. The van der Waals surface area contributed by atoms with Crippen LogP contribution in [0.4, 0.5) is 11.4 Å². The highest BCUT2D eigenvalue weighted by Gasteiger charge is 2.43. The molecule has 1 fully saturated rings. The van der Waals surface area contributed by atoms with Crippen LogP contribution in [0.15, 0.2) is 78.9 Å². The molecule has 35 heavy (non-hydrogen) atoms. The normalized spacial score (nSPS) is 15.1. The number of imide groups is 1. The standard InChI is InChI=1S/C27H27N3O4S/c1-33-22-12-8-19(9-13-22)16-17-29(27(35)28-20-6-4-3-5-7-20)24-18-25(31)30(26(24)32)21-10-14-23(34-2)15-11-21/h3-15,24H,16-18H2,1-2H3,(H,28,35). The minimum absolute atomic E-state index is 0.0457. The number of rotatable bonds is 8. The largest absolute Gasteiger partial charge is 0.497 e. The van der Waals surface area contributed by atoms with E-state index in [1.165, 1.54) is 4.90 Å². The molecule has 0 aliphatic carbocycles. The van der Waals surface area contributed by atoms with Gasteiger partial charge in [0, 0.05) is 12.2 Å². The SMILES string of the molecule is COc1ccc(CCN(C(=S)Nc2ccccc2)C2CC(=O)N(c3ccc(OC)cc3)C2=O)cc1. The Morgan fingerprint density at radius 1 is 0.943 bits per heavy atom. The van der Waals surface area contributed by atoms with Gasteiger partial charge in [0.1, 0.15) is 17.5 Å². The summed E-state index contributed by atoms with van der Waals surface area (Å²) in [5.41, 5.74) is 2.40. The maximum absolute atomic E-state index is 13.5. The van der Waals surface area contributed by atoms with E-state index in [-0.39, 0.29) is 18.2 Å². The molecule has 0 saturated carbocycles. The molecule has 7 nitrogen and oxygen atoms in total. The Hall–Kier alpha value is -3.91. The van der Waals surface area contributed by atoms with Crippen molar-refractivity contribution in [1.82, 2.24) is 4.90 Å². The van der Waals surface area contributed by atoms with Crippen LogP contribution in [-0.4, -0.2) is 48.6 Å². The Morgan fingerprint density at radius 3 is 2.14 bits per heavy atom. The van der Waals surface area contributed by atoms with Crippen molar-refractivity contribution >= 4 is 40.5 Å².